The third-order valence-corrected chi connectivity index (χ3v) is 21.6. The second-order valence-electron chi connectivity index (χ2n) is 27.0. The Morgan fingerprint density at radius 3 is 1.95 bits per heavy atom. The van der Waals surface area contributed by atoms with Crippen molar-refractivity contribution in [3.05, 3.63) is 69.2 Å². The third kappa shape index (κ3) is 14.8. The van der Waals surface area contributed by atoms with Gasteiger partial charge in [-0.3, -0.25) is 53.1 Å². The van der Waals surface area contributed by atoms with Crippen LogP contribution in [0.3, 0.4) is 0 Å². The number of phosphoric acid groups is 1. The molecular weight excluding hydrogens is 1270 g/mol. The van der Waals surface area contributed by atoms with Crippen LogP contribution in [0.15, 0.2) is 67.8 Å². The molecule has 0 aliphatic carbocycles. The van der Waals surface area contributed by atoms with Crippen LogP contribution in [0.1, 0.15) is 150 Å². The summed E-state index contributed by atoms with van der Waals surface area (Å²) in [6, 6.07) is 2.65. The second kappa shape index (κ2) is 28.8. The largest absolute Gasteiger partial charge is 3.00 e. The number of benzene rings is 1. The zero-order chi connectivity index (χ0) is 66.7. The van der Waals surface area contributed by atoms with Crippen molar-refractivity contribution in [2.75, 3.05) is 13.2 Å². The molecule has 15 unspecified atom stereocenters. The third-order valence-electron chi connectivity index (χ3n) is 20.5. The number of primary amides is 6. The number of aliphatic hydroxyl groups is 2. The van der Waals surface area contributed by atoms with E-state index in [9.17, 15) is 53.2 Å². The summed E-state index contributed by atoms with van der Waals surface area (Å²) in [6.07, 6.45) is -4.79. The quantitative estimate of drug-likeness (QED) is 0.0610. The molecule has 0 radical (unpaired) electrons. The molecule has 29 nitrogen and oxygen atoms in total. The number of nitrogens with one attached hydrogen (secondary N) is 1. The summed E-state index contributed by atoms with van der Waals surface area (Å²) in [5.41, 5.74) is 36.7. The maximum atomic E-state index is 14.4. The summed E-state index contributed by atoms with van der Waals surface area (Å²) >= 11 is 0. The van der Waals surface area contributed by atoms with Gasteiger partial charge in [0.25, 0.3) is 7.82 Å². The summed E-state index contributed by atoms with van der Waals surface area (Å²) in [6.45, 7) is 19.0. The van der Waals surface area contributed by atoms with Gasteiger partial charge in [-0.05, 0) is 119 Å². The van der Waals surface area contributed by atoms with E-state index in [0.717, 1.165) is 11.1 Å². The molecule has 6 aliphatic rings. The van der Waals surface area contributed by atoms with E-state index >= 15 is 0 Å². The monoisotopic (exact) mass is 1360 g/mol. The number of hydrogen-bond acceptors (Lipinski definition) is 19. The number of imidazole rings is 1. The van der Waals surface area contributed by atoms with Gasteiger partial charge in [0.1, 0.15) is 18.3 Å². The molecule has 6 aliphatic heterocycles. The van der Waals surface area contributed by atoms with E-state index in [0.29, 0.717) is 56.4 Å². The minimum atomic E-state index is -5.32. The molecule has 2 saturated heterocycles. The first-order chi connectivity index (χ1) is 41.8. The summed E-state index contributed by atoms with van der Waals surface area (Å²) in [7, 11) is -5.32. The predicted octanol–water partition coefficient (Wildman–Crippen LogP) is 2.31. The van der Waals surface area contributed by atoms with Crippen molar-refractivity contribution in [3.63, 3.8) is 0 Å². The topological polar surface area (TPSA) is 526 Å². The number of nitrogens with two attached hydrogens (primary N) is 6. The van der Waals surface area contributed by atoms with Gasteiger partial charge in [-0.2, -0.15) is 5.70 Å². The van der Waals surface area contributed by atoms with E-state index in [4.69, 9.17) is 68.5 Å². The average Bonchev–Trinajstić information content (AvgIpc) is 1.53. The molecular formula is C62H91CoN13O16P. The molecule has 1 aromatic carbocycles. The van der Waals surface area contributed by atoms with Crippen LogP contribution in [0.25, 0.3) is 16.4 Å². The van der Waals surface area contributed by atoms with Gasteiger partial charge >= 0.3 is 16.8 Å². The van der Waals surface area contributed by atoms with E-state index in [1.807, 2.05) is 80.5 Å². The predicted molar refractivity (Wildman–Crippen MR) is 337 cm³/mol. The molecule has 0 spiro atoms. The molecule has 1 aromatic heterocycles. The SMILES string of the molecule is C/C1=C2N=C(/C=C3N=C(/C(C)=C4\[N-]C(C(CC(N)=O)C4(C)CCC(=O)NCC(C)OP(=O)([O-])OC4C(CO)OC(n5cnc6cc(C)c(C)cc65)C4O)C4(C)N=C1C(CCC(N)=O)C4(C)CC(N)=O)C(CCC(N)=O)C\3(C)C)C(CCC(N)=O)C/2(C)CC(N)=O.O.[Co+3].[OH-]. The fourth-order valence-electron chi connectivity index (χ4n) is 15.3. The number of rotatable bonds is 26. The Bertz CT molecular complexity index is 3550. The van der Waals surface area contributed by atoms with Gasteiger partial charge in [0.2, 0.25) is 41.4 Å². The van der Waals surface area contributed by atoms with Crippen LogP contribution in [-0.4, -0.2) is 138 Å². The molecule has 2 aromatic rings. The van der Waals surface area contributed by atoms with Gasteiger partial charge in [-0.15, -0.1) is 0 Å². The molecule has 2 fully saturated rings. The van der Waals surface area contributed by atoms with Gasteiger partial charge < -0.3 is 89.4 Å². The molecule has 0 saturated carbocycles. The number of amides is 7. The van der Waals surface area contributed by atoms with Crippen LogP contribution in [0.4, 0.5) is 0 Å². The van der Waals surface area contributed by atoms with Crippen LogP contribution >= 0.6 is 7.82 Å². The Labute approximate surface area is 550 Å². The Morgan fingerprint density at radius 1 is 0.796 bits per heavy atom. The maximum Gasteiger partial charge on any atom is 3.00 e. The number of aliphatic imine (C=N–C) groups is 3. The first kappa shape index (κ1) is 77.1. The number of carbonyl (C=O) groups is 7. The smallest absolute Gasteiger partial charge is 0.870 e. The first-order valence-corrected chi connectivity index (χ1v) is 32.0. The normalized spacial score (nSPS) is 33.1. The molecule has 15 atom stereocenters. The summed E-state index contributed by atoms with van der Waals surface area (Å²) < 4.78 is 31.9. The Morgan fingerprint density at radius 2 is 1.38 bits per heavy atom. The van der Waals surface area contributed by atoms with Gasteiger partial charge in [0.15, 0.2) is 6.23 Å². The average molecular weight is 1360 g/mol. The standard InChI is InChI=1S/C62H90N13O14P.Co.2H2O/c1-29-20-39-40(21-30(29)2)75(28-70-39)57-52(84)53(41(27-76)87-57)89-90(85,86)88-31(3)26-69-49(83)18-19-59(8)37(22-46(66)80)56-62(11)61(10,25-48(68)82)36(14-17-45(65)79)51(74-62)33(5)55-60(9,24-47(67)81)34(12-15-43(63)77)38(71-55)23-42-58(6,7)35(13-16-44(64)78)50(72-42)32(4)54(59)73-56;;;/h20-21,23,28,31,34-37,41,52-53,56-57,76,84H,12-19,22,24-27H2,1-11H3,(H15,63,64,65,66,67,68,69,71,72,73,74,77,78,79,80,81,82,83,85,86);;2*1H2/q;+3;;/p-3. The molecule has 93 heavy (non-hydrogen) atoms. The molecule has 31 heteroatoms. The number of aryl methyl sites for hydroxylation is 2. The number of carbonyl (C=O) groups excluding carboxylic acids is 7. The maximum absolute atomic E-state index is 14.4. The number of hydrogen-bond donors (Lipinski definition) is 9. The molecule has 7 heterocycles. The number of nitrogens with zero attached hydrogens (tertiary/aromatic N) is 6. The number of allylic oxidation sites excluding steroid dienone is 6. The van der Waals surface area contributed by atoms with Crippen molar-refractivity contribution >= 4 is 77.3 Å². The molecule has 514 valence electrons. The van der Waals surface area contributed by atoms with Crippen molar-refractivity contribution in [3.8, 4) is 0 Å². The van der Waals surface area contributed by atoms with Gasteiger partial charge in [0.05, 0.1) is 41.3 Å². The number of ether oxygens (including phenoxy) is 1. The van der Waals surface area contributed by atoms with Gasteiger partial charge in [-0.25, -0.2) is 4.98 Å². The van der Waals surface area contributed by atoms with Crippen LogP contribution < -0.4 is 44.6 Å². The zero-order valence-corrected chi connectivity index (χ0v) is 56.4. The Kier molecular flexibility index (Phi) is 23.9. The molecule has 8 bridgehead atoms. The minimum Gasteiger partial charge on any atom is -0.870 e. The second-order valence-corrected chi connectivity index (χ2v) is 28.3. The minimum absolute atomic E-state index is 0. The van der Waals surface area contributed by atoms with Crippen molar-refractivity contribution in [2.45, 2.75) is 189 Å². The van der Waals surface area contributed by atoms with E-state index in [2.05, 4.69) is 10.3 Å². The Balaban J connectivity index is 0.00000523. The number of fused-ring (bicyclic) bond motifs is 7. The number of aromatic nitrogens is 2. The first-order valence-electron chi connectivity index (χ1n) is 30.5. The summed E-state index contributed by atoms with van der Waals surface area (Å²) in [4.78, 5) is 128. The zero-order valence-electron chi connectivity index (χ0n) is 54.4. The van der Waals surface area contributed by atoms with Crippen molar-refractivity contribution in [1.29, 1.82) is 0 Å². The fraction of sp³-hybridized carbons (Fsp3) is 0.629. The molecule has 7 amide bonds. The summed E-state index contributed by atoms with van der Waals surface area (Å²) in [5.74, 6) is -7.40. The van der Waals surface area contributed by atoms with E-state index in [-0.39, 0.29) is 105 Å². The fourth-order valence-corrected chi connectivity index (χ4v) is 16.4. The molecule has 18 N–H and O–H groups in total. The Hall–Kier alpha value is -6.57. The van der Waals surface area contributed by atoms with E-state index in [1.165, 1.54) is 17.8 Å². The van der Waals surface area contributed by atoms with Crippen LogP contribution in [0, 0.1) is 59.2 Å². The van der Waals surface area contributed by atoms with Crippen LogP contribution in [0.2, 0.25) is 0 Å². The van der Waals surface area contributed by atoms with Gasteiger partial charge in [0, 0.05) is 108 Å². The van der Waals surface area contributed by atoms with E-state index in [1.54, 1.807) is 6.92 Å². The van der Waals surface area contributed by atoms with Crippen LogP contribution in [0.5, 0.6) is 0 Å². The van der Waals surface area contributed by atoms with Gasteiger partial charge in [-0.1, -0.05) is 40.7 Å². The van der Waals surface area contributed by atoms with Crippen molar-refractivity contribution in [2.24, 2.45) is 94.7 Å². The summed E-state index contributed by atoms with van der Waals surface area (Å²) in [5, 5.41) is 30.1. The number of phosphoric ester groups is 1. The van der Waals surface area contributed by atoms with Crippen LogP contribution in [-0.2, 0) is 68.7 Å². The van der Waals surface area contributed by atoms with E-state index < -0.39 is 143 Å². The molecule has 8 rings (SSSR count). The van der Waals surface area contributed by atoms with Crippen molar-refractivity contribution < 1.29 is 94.7 Å². The van der Waals surface area contributed by atoms with Crippen molar-refractivity contribution in [1.82, 2.24) is 14.9 Å². The number of aliphatic hydroxyl groups excluding tert-OH is 2.